The molecule has 1 aliphatic rings. The van der Waals surface area contributed by atoms with Crippen molar-refractivity contribution >= 4 is 39.2 Å². The molecule has 10 heteroatoms. The van der Waals surface area contributed by atoms with E-state index in [2.05, 4.69) is 4.98 Å². The van der Waals surface area contributed by atoms with Crippen LogP contribution in [0.25, 0.3) is 21.7 Å². The lowest BCUT2D eigenvalue weighted by atomic mass is 9.98. The van der Waals surface area contributed by atoms with Gasteiger partial charge in [0.1, 0.15) is 12.4 Å². The zero-order chi connectivity index (χ0) is 27.7. The molecule has 202 valence electrons. The number of nitrogens with zero attached hydrogens (tertiary/aromatic N) is 2. The highest BCUT2D eigenvalue weighted by Crippen LogP contribution is 2.39. The number of hydrogen-bond donors (Lipinski definition) is 2. The lowest BCUT2D eigenvalue weighted by Gasteiger charge is -2.33. The summed E-state index contributed by atoms with van der Waals surface area (Å²) >= 11 is 0. The molecule has 5 rings (SSSR count). The highest BCUT2D eigenvalue weighted by molar-refractivity contribution is 6.06. The summed E-state index contributed by atoms with van der Waals surface area (Å²) in [5, 5.41) is 11.1. The van der Waals surface area contributed by atoms with Gasteiger partial charge in [-0.1, -0.05) is 36.8 Å². The normalized spacial score (nSPS) is 17.4. The second-order valence-corrected chi connectivity index (χ2v) is 9.64. The second-order valence-electron chi connectivity index (χ2n) is 9.64. The predicted octanol–water partition coefficient (Wildman–Crippen LogP) is 5.84. The number of anilines is 1. The maximum Gasteiger partial charge on any atom is 0.471 e. The molecule has 0 saturated heterocycles. The van der Waals surface area contributed by atoms with E-state index in [0.29, 0.717) is 27.8 Å². The first-order valence-corrected chi connectivity index (χ1v) is 12.5. The third-order valence-corrected chi connectivity index (χ3v) is 7.13. The van der Waals surface area contributed by atoms with Crippen molar-refractivity contribution in [3.05, 3.63) is 78.0 Å². The Labute approximate surface area is 222 Å². The van der Waals surface area contributed by atoms with Gasteiger partial charge in [0.2, 0.25) is 5.91 Å². The third-order valence-electron chi connectivity index (χ3n) is 7.13. The Balaban J connectivity index is 1.49. The summed E-state index contributed by atoms with van der Waals surface area (Å²) in [5.41, 5.74) is 4.23. The van der Waals surface area contributed by atoms with Crippen molar-refractivity contribution < 1.29 is 32.7 Å². The maximum atomic E-state index is 13.7. The Kier molecular flexibility index (Phi) is 7.14. The van der Waals surface area contributed by atoms with Crippen LogP contribution in [0.15, 0.2) is 66.7 Å². The Morgan fingerprint density at radius 2 is 1.85 bits per heavy atom. The molecule has 0 aliphatic heterocycles. The first kappa shape index (κ1) is 26.4. The van der Waals surface area contributed by atoms with Crippen molar-refractivity contribution in [3.63, 3.8) is 0 Å². The SMILES string of the molecule is Cc1cc(COc2ccc3c(N(C(=O)C(F)(F)F)C4CCCC4C(=O)NO)cccc3c2)c2ccccc2n1. The largest absolute Gasteiger partial charge is 0.489 e. The number of amides is 2. The highest BCUT2D eigenvalue weighted by atomic mass is 19.4. The number of hydroxylamine groups is 1. The van der Waals surface area contributed by atoms with Gasteiger partial charge in [-0.2, -0.15) is 13.2 Å². The molecule has 2 amide bonds. The van der Waals surface area contributed by atoms with Crippen LogP contribution in [-0.4, -0.2) is 34.2 Å². The lowest BCUT2D eigenvalue weighted by Crippen LogP contribution is -2.51. The van der Waals surface area contributed by atoms with Gasteiger partial charge in [-0.3, -0.25) is 19.8 Å². The van der Waals surface area contributed by atoms with Gasteiger partial charge in [0.25, 0.3) is 0 Å². The molecule has 0 radical (unpaired) electrons. The van der Waals surface area contributed by atoms with Crippen LogP contribution in [0.3, 0.4) is 0 Å². The molecule has 39 heavy (non-hydrogen) atoms. The number of carbonyl (C=O) groups is 2. The summed E-state index contributed by atoms with van der Waals surface area (Å²) in [4.78, 5) is 30.1. The molecule has 0 spiro atoms. The summed E-state index contributed by atoms with van der Waals surface area (Å²) in [6.07, 6.45) is -4.27. The van der Waals surface area contributed by atoms with Gasteiger partial charge in [0, 0.05) is 28.1 Å². The first-order valence-electron chi connectivity index (χ1n) is 12.5. The molecule has 1 fully saturated rings. The minimum absolute atomic E-state index is 0.0415. The smallest absolute Gasteiger partial charge is 0.471 e. The van der Waals surface area contributed by atoms with E-state index in [1.807, 2.05) is 37.3 Å². The van der Waals surface area contributed by atoms with Gasteiger partial charge in [0.05, 0.1) is 17.1 Å². The van der Waals surface area contributed by atoms with E-state index < -0.39 is 30.0 Å². The predicted molar refractivity (Wildman–Crippen MR) is 139 cm³/mol. The van der Waals surface area contributed by atoms with Gasteiger partial charge in [-0.15, -0.1) is 0 Å². The molecule has 1 aromatic heterocycles. The van der Waals surface area contributed by atoms with Crippen molar-refractivity contribution in [2.75, 3.05) is 4.90 Å². The number of rotatable bonds is 6. The second kappa shape index (κ2) is 10.5. The van der Waals surface area contributed by atoms with Gasteiger partial charge in [0.15, 0.2) is 0 Å². The first-order chi connectivity index (χ1) is 18.7. The van der Waals surface area contributed by atoms with Crippen LogP contribution >= 0.6 is 0 Å². The number of hydrogen-bond acceptors (Lipinski definition) is 5. The molecular weight excluding hydrogens is 511 g/mol. The van der Waals surface area contributed by atoms with Gasteiger partial charge < -0.3 is 9.64 Å². The van der Waals surface area contributed by atoms with Gasteiger partial charge >= 0.3 is 12.1 Å². The van der Waals surface area contributed by atoms with E-state index in [-0.39, 0.29) is 25.1 Å². The van der Waals surface area contributed by atoms with Crippen molar-refractivity contribution in [1.29, 1.82) is 0 Å². The number of nitrogens with one attached hydrogen (secondary N) is 1. The van der Waals surface area contributed by atoms with Crippen LogP contribution < -0.4 is 15.1 Å². The standard InChI is InChI=1S/C29H26F3N3O4/c1-17-14-19(21-7-2-3-9-24(21)33-17)16-39-20-12-13-22-18(15-20)6-4-10-25(22)35(28(37)29(30,31)32)26-11-5-8-23(26)27(36)34-38/h2-4,6-7,9-10,12-15,23,26,38H,5,8,11,16H2,1H3,(H,34,36). The van der Waals surface area contributed by atoms with Crippen molar-refractivity contribution in [2.24, 2.45) is 5.92 Å². The minimum atomic E-state index is -5.15. The Hall–Kier alpha value is -4.18. The number of alkyl halides is 3. The Morgan fingerprint density at radius 1 is 1.05 bits per heavy atom. The fourth-order valence-corrected chi connectivity index (χ4v) is 5.43. The average Bonchev–Trinajstić information content (AvgIpc) is 3.40. The summed E-state index contributed by atoms with van der Waals surface area (Å²) in [6, 6.07) is 18.3. The van der Waals surface area contributed by atoms with Crippen LogP contribution in [0.1, 0.15) is 30.5 Å². The summed E-state index contributed by atoms with van der Waals surface area (Å²) in [5.74, 6) is -3.34. The molecule has 1 aliphatic carbocycles. The molecule has 4 aromatic rings. The molecule has 1 saturated carbocycles. The van der Waals surface area contributed by atoms with Gasteiger partial charge in [-0.05, 0) is 61.5 Å². The number of aromatic nitrogens is 1. The molecule has 2 unspecified atom stereocenters. The summed E-state index contributed by atoms with van der Waals surface area (Å²) < 4.78 is 47.3. The molecular formula is C29H26F3N3O4. The van der Waals surface area contributed by atoms with E-state index in [0.717, 1.165) is 22.2 Å². The molecule has 0 bridgehead atoms. The zero-order valence-electron chi connectivity index (χ0n) is 21.0. The zero-order valence-corrected chi connectivity index (χ0v) is 21.0. The van der Waals surface area contributed by atoms with Crippen LogP contribution in [0.2, 0.25) is 0 Å². The monoisotopic (exact) mass is 537 g/mol. The number of benzene rings is 3. The van der Waals surface area contributed by atoms with E-state index in [1.54, 1.807) is 30.3 Å². The van der Waals surface area contributed by atoms with E-state index in [9.17, 15) is 22.8 Å². The number of halogens is 3. The fraction of sp³-hybridized carbons (Fsp3) is 0.276. The van der Waals surface area contributed by atoms with E-state index in [1.165, 1.54) is 11.5 Å². The van der Waals surface area contributed by atoms with E-state index in [4.69, 9.17) is 9.94 Å². The highest BCUT2D eigenvalue weighted by Gasteiger charge is 2.49. The van der Waals surface area contributed by atoms with Crippen molar-refractivity contribution in [1.82, 2.24) is 10.5 Å². The quantitative estimate of drug-likeness (QED) is 0.238. The number of para-hydroxylation sites is 1. The number of pyridine rings is 1. The van der Waals surface area contributed by atoms with Crippen LogP contribution in [0, 0.1) is 12.8 Å². The van der Waals surface area contributed by atoms with Crippen molar-refractivity contribution in [3.8, 4) is 5.75 Å². The van der Waals surface area contributed by atoms with Gasteiger partial charge in [-0.25, -0.2) is 5.48 Å². The van der Waals surface area contributed by atoms with Crippen LogP contribution in [0.5, 0.6) is 5.75 Å². The number of aryl methyl sites for hydroxylation is 1. The van der Waals surface area contributed by atoms with Crippen LogP contribution in [-0.2, 0) is 16.2 Å². The average molecular weight is 538 g/mol. The molecule has 3 aromatic carbocycles. The number of carbonyl (C=O) groups excluding carboxylic acids is 2. The lowest BCUT2D eigenvalue weighted by molar-refractivity contribution is -0.171. The summed E-state index contributed by atoms with van der Waals surface area (Å²) in [7, 11) is 0. The topological polar surface area (TPSA) is 91.8 Å². The summed E-state index contributed by atoms with van der Waals surface area (Å²) in [6.45, 7) is 2.16. The van der Waals surface area contributed by atoms with E-state index >= 15 is 0 Å². The number of fused-ring (bicyclic) bond motifs is 2. The Bertz CT molecular complexity index is 1560. The number of ether oxygens (including phenoxy) is 1. The minimum Gasteiger partial charge on any atom is -0.489 e. The molecule has 2 N–H and O–H groups in total. The van der Waals surface area contributed by atoms with Crippen molar-refractivity contribution in [2.45, 2.75) is 45.0 Å². The Morgan fingerprint density at radius 3 is 2.62 bits per heavy atom. The third kappa shape index (κ3) is 5.24. The fourth-order valence-electron chi connectivity index (χ4n) is 5.43. The molecule has 1 heterocycles. The maximum absolute atomic E-state index is 13.7. The molecule has 7 nitrogen and oxygen atoms in total. The molecule has 2 atom stereocenters. The van der Waals surface area contributed by atoms with Crippen LogP contribution in [0.4, 0.5) is 18.9 Å².